The molecule has 0 saturated heterocycles. The first kappa shape index (κ1) is 22.2. The van der Waals surface area contributed by atoms with Crippen LogP contribution in [0.4, 0.5) is 5.69 Å². The molecule has 2 amide bonds. The van der Waals surface area contributed by atoms with Gasteiger partial charge in [0.1, 0.15) is 0 Å². The van der Waals surface area contributed by atoms with Gasteiger partial charge in [-0.05, 0) is 40.2 Å². The highest BCUT2D eigenvalue weighted by Crippen LogP contribution is 2.25. The molecule has 2 aromatic rings. The van der Waals surface area contributed by atoms with E-state index in [0.29, 0.717) is 17.2 Å². The first-order valence-corrected chi connectivity index (χ1v) is 9.51. The number of methoxy groups -OCH3 is 1. The van der Waals surface area contributed by atoms with Crippen molar-refractivity contribution in [3.05, 3.63) is 53.0 Å². The predicted molar refractivity (Wildman–Crippen MR) is 110 cm³/mol. The zero-order chi connectivity index (χ0) is 21.1. The van der Waals surface area contributed by atoms with Crippen LogP contribution in [0.5, 0.6) is 11.5 Å². The van der Waals surface area contributed by atoms with E-state index in [1.165, 1.54) is 7.11 Å². The van der Waals surface area contributed by atoms with E-state index in [-0.39, 0.29) is 19.6 Å². The standard InChI is InChI=1S/C20H21BrN2O6/c1-27-16-8-4-5-9-17(16)28-11-10-20(26)29-13-19(25)22-12-18(24)23-15-7-3-2-6-14(15)21/h2-9H,10-13H2,1H3,(H,22,25)(H,23,24). The lowest BCUT2D eigenvalue weighted by Gasteiger charge is -2.10. The fraction of sp³-hybridized carbons (Fsp3) is 0.250. The minimum absolute atomic E-state index is 0.0339. The van der Waals surface area contributed by atoms with E-state index in [2.05, 4.69) is 26.6 Å². The highest BCUT2D eigenvalue weighted by Gasteiger charge is 2.11. The molecular formula is C20H21BrN2O6. The van der Waals surface area contributed by atoms with Crippen LogP contribution < -0.4 is 20.1 Å². The molecule has 154 valence electrons. The van der Waals surface area contributed by atoms with Gasteiger partial charge in [0.05, 0.1) is 32.4 Å². The number of amides is 2. The Kier molecular flexibility index (Phi) is 8.97. The molecule has 0 fully saturated rings. The molecule has 8 nitrogen and oxygen atoms in total. The smallest absolute Gasteiger partial charge is 0.309 e. The topological polar surface area (TPSA) is 103 Å². The fourth-order valence-corrected chi connectivity index (χ4v) is 2.57. The number of nitrogens with one attached hydrogen (secondary N) is 2. The van der Waals surface area contributed by atoms with Crippen LogP contribution in [0.1, 0.15) is 6.42 Å². The number of anilines is 1. The molecule has 9 heteroatoms. The molecule has 2 N–H and O–H groups in total. The van der Waals surface area contributed by atoms with E-state index < -0.39 is 24.4 Å². The van der Waals surface area contributed by atoms with Crippen molar-refractivity contribution in [2.24, 2.45) is 0 Å². The molecule has 0 spiro atoms. The van der Waals surface area contributed by atoms with Gasteiger partial charge in [0, 0.05) is 4.47 Å². The fourth-order valence-electron chi connectivity index (χ4n) is 2.19. The number of carbonyl (C=O) groups is 3. The molecule has 0 saturated carbocycles. The molecule has 0 aromatic heterocycles. The Morgan fingerprint density at radius 2 is 1.66 bits per heavy atom. The Bertz CT molecular complexity index is 858. The van der Waals surface area contributed by atoms with Crippen molar-refractivity contribution in [2.45, 2.75) is 6.42 Å². The summed E-state index contributed by atoms with van der Waals surface area (Å²) in [6, 6.07) is 14.1. The number of benzene rings is 2. The lowest BCUT2D eigenvalue weighted by atomic mass is 10.3. The minimum Gasteiger partial charge on any atom is -0.493 e. The van der Waals surface area contributed by atoms with Crippen molar-refractivity contribution in [1.29, 1.82) is 0 Å². The average Bonchev–Trinajstić information content (AvgIpc) is 2.72. The van der Waals surface area contributed by atoms with Gasteiger partial charge >= 0.3 is 5.97 Å². The normalized spacial score (nSPS) is 10.0. The molecule has 0 aliphatic rings. The van der Waals surface area contributed by atoms with E-state index in [9.17, 15) is 14.4 Å². The monoisotopic (exact) mass is 464 g/mol. The zero-order valence-corrected chi connectivity index (χ0v) is 17.4. The van der Waals surface area contributed by atoms with Crippen LogP contribution in [0.2, 0.25) is 0 Å². The molecule has 0 atom stereocenters. The first-order chi connectivity index (χ1) is 14.0. The summed E-state index contributed by atoms with van der Waals surface area (Å²) in [5.74, 6) is -0.501. The van der Waals surface area contributed by atoms with Gasteiger partial charge in [-0.15, -0.1) is 0 Å². The number of rotatable bonds is 10. The van der Waals surface area contributed by atoms with E-state index in [0.717, 1.165) is 4.47 Å². The Balaban J connectivity index is 1.62. The molecule has 0 aliphatic heterocycles. The van der Waals surface area contributed by atoms with Gasteiger partial charge in [-0.2, -0.15) is 0 Å². The van der Waals surface area contributed by atoms with Gasteiger partial charge in [-0.1, -0.05) is 24.3 Å². The van der Waals surface area contributed by atoms with Crippen LogP contribution in [0.25, 0.3) is 0 Å². The van der Waals surface area contributed by atoms with Crippen LogP contribution in [0.15, 0.2) is 53.0 Å². The van der Waals surface area contributed by atoms with E-state index in [1.807, 2.05) is 6.07 Å². The maximum atomic E-state index is 11.9. The van der Waals surface area contributed by atoms with Gasteiger partial charge in [-0.3, -0.25) is 14.4 Å². The Labute approximate surface area is 176 Å². The van der Waals surface area contributed by atoms with E-state index in [1.54, 1.807) is 42.5 Å². The average molecular weight is 465 g/mol. The second kappa shape index (κ2) is 11.7. The predicted octanol–water partition coefficient (Wildman–Crippen LogP) is 2.52. The molecule has 0 unspecified atom stereocenters. The molecule has 0 bridgehead atoms. The molecule has 0 heterocycles. The third kappa shape index (κ3) is 7.82. The lowest BCUT2D eigenvalue weighted by molar-refractivity contribution is -0.149. The Hall–Kier alpha value is -3.07. The molecular weight excluding hydrogens is 444 g/mol. The van der Waals surface area contributed by atoms with Gasteiger partial charge in [0.15, 0.2) is 18.1 Å². The summed E-state index contributed by atoms with van der Waals surface area (Å²) >= 11 is 3.31. The van der Waals surface area contributed by atoms with Crippen molar-refractivity contribution in [3.8, 4) is 11.5 Å². The van der Waals surface area contributed by atoms with Gasteiger partial charge in [-0.25, -0.2) is 0 Å². The summed E-state index contributed by atoms with van der Waals surface area (Å²) < 4.78 is 16.2. The minimum atomic E-state index is -0.590. The summed E-state index contributed by atoms with van der Waals surface area (Å²) in [5, 5.41) is 5.03. The highest BCUT2D eigenvalue weighted by molar-refractivity contribution is 9.10. The second-order valence-corrected chi connectivity index (χ2v) is 6.57. The van der Waals surface area contributed by atoms with Crippen molar-refractivity contribution >= 4 is 39.4 Å². The number of hydrogen-bond acceptors (Lipinski definition) is 6. The highest BCUT2D eigenvalue weighted by atomic mass is 79.9. The SMILES string of the molecule is COc1ccccc1OCCC(=O)OCC(=O)NCC(=O)Nc1ccccc1Br. The number of esters is 1. The molecule has 29 heavy (non-hydrogen) atoms. The van der Waals surface area contributed by atoms with Crippen LogP contribution in [-0.4, -0.2) is 44.7 Å². The van der Waals surface area contributed by atoms with E-state index >= 15 is 0 Å². The van der Waals surface area contributed by atoms with Crippen molar-refractivity contribution in [1.82, 2.24) is 5.32 Å². The van der Waals surface area contributed by atoms with Gasteiger partial charge in [0.2, 0.25) is 5.91 Å². The van der Waals surface area contributed by atoms with Gasteiger partial charge < -0.3 is 24.8 Å². The van der Waals surface area contributed by atoms with Gasteiger partial charge in [0.25, 0.3) is 5.91 Å². The molecule has 2 aromatic carbocycles. The third-order valence-corrected chi connectivity index (χ3v) is 4.28. The third-order valence-electron chi connectivity index (χ3n) is 3.59. The van der Waals surface area contributed by atoms with Crippen LogP contribution in [0.3, 0.4) is 0 Å². The molecule has 0 aliphatic carbocycles. The number of ether oxygens (including phenoxy) is 3. The lowest BCUT2D eigenvalue weighted by Crippen LogP contribution is -2.35. The van der Waals surface area contributed by atoms with Crippen molar-refractivity contribution < 1.29 is 28.6 Å². The number of halogens is 1. The van der Waals surface area contributed by atoms with Crippen molar-refractivity contribution in [2.75, 3.05) is 32.2 Å². The molecule has 0 radical (unpaired) electrons. The largest absolute Gasteiger partial charge is 0.493 e. The number of hydrogen-bond donors (Lipinski definition) is 2. The summed E-state index contributed by atoms with van der Waals surface area (Å²) in [6.07, 6.45) is -0.0339. The van der Waals surface area contributed by atoms with Crippen molar-refractivity contribution in [3.63, 3.8) is 0 Å². The summed E-state index contributed by atoms with van der Waals surface area (Å²) in [7, 11) is 1.52. The Morgan fingerprint density at radius 1 is 0.966 bits per heavy atom. The van der Waals surface area contributed by atoms with Crippen LogP contribution in [-0.2, 0) is 19.1 Å². The maximum Gasteiger partial charge on any atom is 0.309 e. The summed E-state index contributed by atoms with van der Waals surface area (Å²) in [6.45, 7) is -0.639. The molecule has 2 rings (SSSR count). The number of para-hydroxylation sites is 3. The Morgan fingerprint density at radius 3 is 2.38 bits per heavy atom. The van der Waals surface area contributed by atoms with Crippen LogP contribution in [0, 0.1) is 0 Å². The zero-order valence-electron chi connectivity index (χ0n) is 15.8. The maximum absolute atomic E-state index is 11.9. The summed E-state index contributed by atoms with van der Waals surface area (Å²) in [5.41, 5.74) is 0.591. The quantitative estimate of drug-likeness (QED) is 0.523. The number of carbonyl (C=O) groups excluding carboxylic acids is 3. The summed E-state index contributed by atoms with van der Waals surface area (Å²) in [4.78, 5) is 35.3. The van der Waals surface area contributed by atoms with E-state index in [4.69, 9.17) is 14.2 Å². The van der Waals surface area contributed by atoms with Crippen LogP contribution >= 0.6 is 15.9 Å². The second-order valence-electron chi connectivity index (χ2n) is 5.71. The first-order valence-electron chi connectivity index (χ1n) is 8.72.